The molecule has 1 saturated carbocycles. The third-order valence-electron chi connectivity index (χ3n) is 8.23. The van der Waals surface area contributed by atoms with E-state index in [4.69, 9.17) is 14.6 Å². The van der Waals surface area contributed by atoms with Crippen molar-refractivity contribution in [3.05, 3.63) is 83.6 Å². The molecule has 1 amide bonds. The third-order valence-corrected chi connectivity index (χ3v) is 8.23. The van der Waals surface area contributed by atoms with Gasteiger partial charge in [0.15, 0.2) is 11.5 Å². The fourth-order valence-electron chi connectivity index (χ4n) is 5.57. The van der Waals surface area contributed by atoms with Gasteiger partial charge in [-0.15, -0.1) is 0 Å². The largest absolute Gasteiger partial charge is 0.497 e. The van der Waals surface area contributed by atoms with Crippen LogP contribution < -0.4 is 14.8 Å². The molecule has 2 aromatic carbocycles. The summed E-state index contributed by atoms with van der Waals surface area (Å²) in [5, 5.41) is 19.0. The summed E-state index contributed by atoms with van der Waals surface area (Å²) in [5.41, 5.74) is 3.13. The Balaban J connectivity index is 1.26. The molecule has 3 heterocycles. The maximum Gasteiger partial charge on any atom is 0.246 e. The SMILES string of the molecule is COc1ccc(Cn2nc(N[C@@H]3CCN(C(=O)/C=C/CN(C)C4CC4)C3)c3c(Oc4ccc(C)cc4C#N)ccnc32)cc1. The van der Waals surface area contributed by atoms with Crippen molar-refractivity contribution in [2.45, 2.75) is 44.8 Å². The molecule has 1 saturated heterocycles. The van der Waals surface area contributed by atoms with Gasteiger partial charge in [-0.2, -0.15) is 10.4 Å². The molecule has 10 nitrogen and oxygen atoms in total. The summed E-state index contributed by atoms with van der Waals surface area (Å²) in [4.78, 5) is 21.8. The van der Waals surface area contributed by atoms with Crippen LogP contribution in [0.2, 0.25) is 0 Å². The van der Waals surface area contributed by atoms with Crippen LogP contribution >= 0.6 is 0 Å². The molecule has 0 unspecified atom stereocenters. The number of aromatic nitrogens is 3. The summed E-state index contributed by atoms with van der Waals surface area (Å²) < 4.78 is 13.5. The van der Waals surface area contributed by atoms with Crippen molar-refractivity contribution in [3.63, 3.8) is 0 Å². The van der Waals surface area contributed by atoms with E-state index in [1.165, 1.54) is 12.8 Å². The number of ether oxygens (including phenoxy) is 2. The lowest BCUT2D eigenvalue weighted by atomic mass is 10.1. The van der Waals surface area contributed by atoms with E-state index >= 15 is 0 Å². The molecule has 226 valence electrons. The first-order chi connectivity index (χ1) is 21.4. The first-order valence-electron chi connectivity index (χ1n) is 15.0. The van der Waals surface area contributed by atoms with Gasteiger partial charge in [-0.1, -0.05) is 24.3 Å². The van der Waals surface area contributed by atoms with Crippen molar-refractivity contribution < 1.29 is 14.3 Å². The van der Waals surface area contributed by atoms with Gasteiger partial charge in [0, 0.05) is 50.1 Å². The Labute approximate surface area is 257 Å². The Morgan fingerprint density at radius 3 is 2.73 bits per heavy atom. The molecule has 4 aromatic rings. The van der Waals surface area contributed by atoms with Crippen LogP contribution in [0.5, 0.6) is 17.2 Å². The number of fused-ring (bicyclic) bond motifs is 1. The normalized spacial score (nSPS) is 16.5. The molecule has 0 radical (unpaired) electrons. The lowest BCUT2D eigenvalue weighted by molar-refractivity contribution is -0.125. The summed E-state index contributed by atoms with van der Waals surface area (Å²) in [5.74, 6) is 2.46. The van der Waals surface area contributed by atoms with Crippen molar-refractivity contribution in [2.24, 2.45) is 0 Å². The summed E-state index contributed by atoms with van der Waals surface area (Å²) in [7, 11) is 3.75. The average Bonchev–Trinajstić information content (AvgIpc) is 3.70. The molecule has 10 heteroatoms. The number of carbonyl (C=O) groups is 1. The second-order valence-corrected chi connectivity index (χ2v) is 11.6. The van der Waals surface area contributed by atoms with Crippen LogP contribution in [-0.4, -0.2) is 76.3 Å². The number of hydrogen-bond acceptors (Lipinski definition) is 8. The molecule has 6 rings (SSSR count). The number of hydrogen-bond donors (Lipinski definition) is 1. The molecule has 0 bridgehead atoms. The van der Waals surface area contributed by atoms with Gasteiger partial charge in [0.1, 0.15) is 28.7 Å². The highest BCUT2D eigenvalue weighted by Gasteiger charge is 2.28. The minimum absolute atomic E-state index is 0.0103. The van der Waals surface area contributed by atoms with Crippen LogP contribution in [-0.2, 0) is 11.3 Å². The number of pyridine rings is 1. The van der Waals surface area contributed by atoms with Crippen molar-refractivity contribution in [1.29, 1.82) is 5.26 Å². The summed E-state index contributed by atoms with van der Waals surface area (Å²) >= 11 is 0. The molecule has 2 aliphatic rings. The summed E-state index contributed by atoms with van der Waals surface area (Å²) in [6.07, 6.45) is 8.64. The van der Waals surface area contributed by atoms with Gasteiger partial charge in [-0.05, 0) is 68.6 Å². The van der Waals surface area contributed by atoms with Crippen molar-refractivity contribution in [1.82, 2.24) is 24.6 Å². The first-order valence-corrected chi connectivity index (χ1v) is 15.0. The predicted molar refractivity (Wildman–Crippen MR) is 169 cm³/mol. The number of anilines is 1. The number of nitrogens with one attached hydrogen (secondary N) is 1. The van der Waals surface area contributed by atoms with E-state index in [1.807, 2.05) is 65.0 Å². The van der Waals surface area contributed by atoms with E-state index in [0.717, 1.165) is 35.2 Å². The van der Waals surface area contributed by atoms with E-state index in [9.17, 15) is 10.1 Å². The Bertz CT molecular complexity index is 1720. The zero-order valence-corrected chi connectivity index (χ0v) is 25.4. The fourth-order valence-corrected chi connectivity index (χ4v) is 5.57. The van der Waals surface area contributed by atoms with Gasteiger partial charge < -0.3 is 19.7 Å². The van der Waals surface area contributed by atoms with E-state index < -0.39 is 0 Å². The smallest absolute Gasteiger partial charge is 0.246 e. The molecule has 1 aliphatic heterocycles. The Hall–Kier alpha value is -4.88. The lowest BCUT2D eigenvalue weighted by Gasteiger charge is -2.16. The number of carbonyl (C=O) groups excluding carboxylic acids is 1. The Morgan fingerprint density at radius 1 is 1.16 bits per heavy atom. The lowest BCUT2D eigenvalue weighted by Crippen LogP contribution is -2.30. The van der Waals surface area contributed by atoms with Crippen LogP contribution in [0.3, 0.4) is 0 Å². The van der Waals surface area contributed by atoms with Gasteiger partial charge in [0.2, 0.25) is 5.91 Å². The number of methoxy groups -OCH3 is 1. The van der Waals surface area contributed by atoms with Crippen LogP contribution in [0.1, 0.15) is 36.0 Å². The van der Waals surface area contributed by atoms with Crippen molar-refractivity contribution >= 4 is 22.8 Å². The number of likely N-dealkylation sites (tertiary alicyclic amines) is 1. The van der Waals surface area contributed by atoms with Crippen LogP contribution in [0, 0.1) is 18.3 Å². The Kier molecular flexibility index (Phi) is 8.48. The van der Waals surface area contributed by atoms with E-state index in [0.29, 0.717) is 54.2 Å². The number of amides is 1. The molecule has 1 N–H and O–H groups in total. The standard InChI is InChI=1S/C34H37N7O3/c1-23-6-13-29(25(19-23)20-35)44-30-14-16-36-34-32(30)33(38-41(34)21-24-7-11-28(43-3)12-8-24)37-26-15-18-40(22-26)31(42)5-4-17-39(2)27-9-10-27/h4-8,11-14,16,19,26-27H,9-10,15,17-18,21-22H2,1-3H3,(H,37,38)/b5-4+/t26-/m1/s1. The van der Waals surface area contributed by atoms with E-state index in [-0.39, 0.29) is 11.9 Å². The van der Waals surface area contributed by atoms with E-state index in [1.54, 1.807) is 25.4 Å². The molecule has 1 atom stereocenters. The molecular formula is C34H37N7O3. The summed E-state index contributed by atoms with van der Waals surface area (Å²) in [6.45, 7) is 4.45. The van der Waals surface area contributed by atoms with Crippen molar-refractivity contribution in [3.8, 4) is 23.3 Å². The maximum atomic E-state index is 12.9. The van der Waals surface area contributed by atoms with Crippen LogP contribution in [0.25, 0.3) is 11.0 Å². The number of nitrogens with zero attached hydrogens (tertiary/aromatic N) is 6. The highest BCUT2D eigenvalue weighted by atomic mass is 16.5. The van der Waals surface area contributed by atoms with Gasteiger partial charge in [-0.25, -0.2) is 9.67 Å². The second-order valence-electron chi connectivity index (χ2n) is 11.6. The van der Waals surface area contributed by atoms with Crippen molar-refractivity contribution in [2.75, 3.05) is 39.1 Å². The number of benzene rings is 2. The monoisotopic (exact) mass is 591 g/mol. The number of aryl methyl sites for hydroxylation is 1. The van der Waals surface area contributed by atoms with Gasteiger partial charge in [0.05, 0.1) is 19.2 Å². The van der Waals surface area contributed by atoms with Gasteiger partial charge in [-0.3, -0.25) is 9.69 Å². The highest BCUT2D eigenvalue weighted by molar-refractivity contribution is 5.94. The molecule has 0 spiro atoms. The molecule has 1 aliphatic carbocycles. The number of rotatable bonds is 11. The zero-order chi connectivity index (χ0) is 30.6. The molecule has 2 fully saturated rings. The molecular weight excluding hydrogens is 554 g/mol. The fraction of sp³-hybridized carbons (Fsp3) is 0.353. The average molecular weight is 592 g/mol. The van der Waals surface area contributed by atoms with Gasteiger partial charge >= 0.3 is 0 Å². The zero-order valence-electron chi connectivity index (χ0n) is 25.4. The Morgan fingerprint density at radius 2 is 1.98 bits per heavy atom. The number of likely N-dealkylation sites (N-methyl/N-ethyl adjacent to an activating group) is 1. The third kappa shape index (κ3) is 6.53. The predicted octanol–water partition coefficient (Wildman–Crippen LogP) is 5.12. The number of nitriles is 1. The second kappa shape index (κ2) is 12.8. The molecule has 44 heavy (non-hydrogen) atoms. The maximum absolute atomic E-state index is 12.9. The topological polar surface area (TPSA) is 109 Å². The molecule has 2 aromatic heterocycles. The van der Waals surface area contributed by atoms with Crippen LogP contribution in [0.4, 0.5) is 5.82 Å². The minimum Gasteiger partial charge on any atom is -0.497 e. The van der Waals surface area contributed by atoms with Crippen LogP contribution in [0.15, 0.2) is 66.9 Å². The van der Waals surface area contributed by atoms with E-state index in [2.05, 4.69) is 28.3 Å². The quantitative estimate of drug-likeness (QED) is 0.239. The first kappa shape index (κ1) is 29.2. The minimum atomic E-state index is 0.0103. The highest BCUT2D eigenvalue weighted by Crippen LogP contribution is 2.36. The van der Waals surface area contributed by atoms with Gasteiger partial charge in [0.25, 0.3) is 0 Å². The summed E-state index contributed by atoms with van der Waals surface area (Å²) in [6, 6.07) is 18.1.